The first-order valence-electron chi connectivity index (χ1n) is 8.23. The Hall–Kier alpha value is -2.09. The van der Waals surface area contributed by atoms with Crippen LogP contribution >= 0.6 is 0 Å². The van der Waals surface area contributed by atoms with Crippen LogP contribution in [-0.2, 0) is 13.6 Å². The Labute approximate surface area is 134 Å². The quantitative estimate of drug-likeness (QED) is 0.856. The number of aromatic amines is 1. The lowest BCUT2D eigenvalue weighted by Gasteiger charge is -2.34. The van der Waals surface area contributed by atoms with Crippen molar-refractivity contribution in [2.45, 2.75) is 26.8 Å². The summed E-state index contributed by atoms with van der Waals surface area (Å²) in [6.07, 6.45) is 0.898. The van der Waals surface area contributed by atoms with Crippen molar-refractivity contribution in [2.24, 2.45) is 7.05 Å². The summed E-state index contributed by atoms with van der Waals surface area (Å²) in [5, 5.41) is 0. The first kappa shape index (κ1) is 15.8. The molecule has 0 saturated carbocycles. The zero-order valence-electron chi connectivity index (χ0n) is 14.0. The highest BCUT2D eigenvalue weighted by atomic mass is 16.2. The maximum Gasteiger partial charge on any atom is 0.329 e. The zero-order chi connectivity index (χ0) is 16.6. The smallest absolute Gasteiger partial charge is 0.329 e. The van der Waals surface area contributed by atoms with Crippen LogP contribution in [0.25, 0.3) is 11.2 Å². The molecule has 0 atom stereocenters. The zero-order valence-corrected chi connectivity index (χ0v) is 14.0. The molecule has 8 heteroatoms. The van der Waals surface area contributed by atoms with Crippen molar-refractivity contribution in [2.75, 3.05) is 37.6 Å². The number of aryl methyl sites for hydroxylation is 2. The standard InChI is InChI=1S/C15H24N6O2/c1-4-6-21-11-12(18(3)15(23)17-13(11)22)16-14(21)20-9-7-19(5-2)8-10-20/h4-10H2,1-3H3,(H,17,22,23). The molecule has 2 aromatic heterocycles. The van der Waals surface area contributed by atoms with Crippen molar-refractivity contribution in [3.8, 4) is 0 Å². The Bertz CT molecular complexity index is 810. The van der Waals surface area contributed by atoms with E-state index in [1.54, 1.807) is 7.05 Å². The van der Waals surface area contributed by atoms with E-state index in [-0.39, 0.29) is 5.56 Å². The second-order valence-corrected chi connectivity index (χ2v) is 5.98. The average molecular weight is 320 g/mol. The first-order valence-corrected chi connectivity index (χ1v) is 8.23. The Morgan fingerprint density at radius 2 is 1.83 bits per heavy atom. The molecule has 1 saturated heterocycles. The van der Waals surface area contributed by atoms with Gasteiger partial charge in [0.05, 0.1) is 0 Å². The normalized spacial score (nSPS) is 16.4. The maximum absolute atomic E-state index is 12.3. The van der Waals surface area contributed by atoms with Crippen LogP contribution < -0.4 is 16.1 Å². The molecule has 3 heterocycles. The largest absolute Gasteiger partial charge is 0.340 e. The van der Waals surface area contributed by atoms with Crippen LogP contribution in [0.5, 0.6) is 0 Å². The van der Waals surface area contributed by atoms with Gasteiger partial charge < -0.3 is 14.4 Å². The fourth-order valence-electron chi connectivity index (χ4n) is 3.16. The molecule has 1 aliphatic heterocycles. The van der Waals surface area contributed by atoms with Gasteiger partial charge in [0.1, 0.15) is 0 Å². The van der Waals surface area contributed by atoms with E-state index < -0.39 is 5.69 Å². The minimum absolute atomic E-state index is 0.359. The molecular formula is C15H24N6O2. The van der Waals surface area contributed by atoms with E-state index in [0.29, 0.717) is 17.7 Å². The Morgan fingerprint density at radius 1 is 1.13 bits per heavy atom. The van der Waals surface area contributed by atoms with Crippen LogP contribution in [0.3, 0.4) is 0 Å². The number of hydrogen-bond acceptors (Lipinski definition) is 5. The number of rotatable bonds is 4. The van der Waals surface area contributed by atoms with E-state index in [9.17, 15) is 9.59 Å². The van der Waals surface area contributed by atoms with Crippen molar-refractivity contribution >= 4 is 17.1 Å². The van der Waals surface area contributed by atoms with Crippen LogP contribution in [0, 0.1) is 0 Å². The monoisotopic (exact) mass is 320 g/mol. The van der Waals surface area contributed by atoms with Gasteiger partial charge in [-0.15, -0.1) is 0 Å². The van der Waals surface area contributed by atoms with Crippen LogP contribution in [0.2, 0.25) is 0 Å². The van der Waals surface area contributed by atoms with Crippen LogP contribution in [0.15, 0.2) is 9.59 Å². The van der Waals surface area contributed by atoms with Crippen LogP contribution in [0.1, 0.15) is 20.3 Å². The number of imidazole rings is 1. The second kappa shape index (κ2) is 6.19. The lowest BCUT2D eigenvalue weighted by Crippen LogP contribution is -2.47. The van der Waals surface area contributed by atoms with E-state index >= 15 is 0 Å². The van der Waals surface area contributed by atoms with Gasteiger partial charge in [-0.25, -0.2) is 4.79 Å². The van der Waals surface area contributed by atoms with Gasteiger partial charge in [0.2, 0.25) is 5.95 Å². The summed E-state index contributed by atoms with van der Waals surface area (Å²) in [4.78, 5) is 35.7. The van der Waals surface area contributed by atoms with Gasteiger partial charge in [0.25, 0.3) is 5.56 Å². The molecule has 1 fully saturated rings. The molecule has 0 unspecified atom stereocenters. The highest BCUT2D eigenvalue weighted by Crippen LogP contribution is 2.21. The minimum atomic E-state index is -0.425. The number of likely N-dealkylation sites (N-methyl/N-ethyl adjacent to an activating group) is 1. The third kappa shape index (κ3) is 2.67. The summed E-state index contributed by atoms with van der Waals surface area (Å²) in [5.41, 5.74) is 0.162. The Balaban J connectivity index is 2.11. The van der Waals surface area contributed by atoms with E-state index in [4.69, 9.17) is 0 Å². The van der Waals surface area contributed by atoms with Gasteiger partial charge in [0, 0.05) is 39.8 Å². The molecule has 0 amide bonds. The number of anilines is 1. The summed E-state index contributed by atoms with van der Waals surface area (Å²) >= 11 is 0. The average Bonchev–Trinajstić information content (AvgIpc) is 2.93. The Morgan fingerprint density at radius 3 is 2.43 bits per heavy atom. The lowest BCUT2D eigenvalue weighted by atomic mass is 10.3. The topological polar surface area (TPSA) is 79.2 Å². The highest BCUT2D eigenvalue weighted by Gasteiger charge is 2.23. The van der Waals surface area contributed by atoms with E-state index in [0.717, 1.165) is 45.1 Å². The molecule has 2 aromatic rings. The molecule has 0 aliphatic carbocycles. The maximum atomic E-state index is 12.3. The van der Waals surface area contributed by atoms with Crippen LogP contribution in [-0.4, -0.2) is 56.7 Å². The molecule has 0 radical (unpaired) electrons. The molecule has 0 aromatic carbocycles. The molecule has 0 spiro atoms. The highest BCUT2D eigenvalue weighted by molar-refractivity contribution is 5.74. The molecule has 126 valence electrons. The number of H-pyrrole nitrogens is 1. The summed E-state index contributed by atoms with van der Waals surface area (Å²) in [7, 11) is 1.64. The van der Waals surface area contributed by atoms with E-state index in [1.807, 2.05) is 4.57 Å². The number of fused-ring (bicyclic) bond motifs is 1. The molecule has 3 rings (SSSR count). The molecule has 1 N–H and O–H groups in total. The fourth-order valence-corrected chi connectivity index (χ4v) is 3.16. The van der Waals surface area contributed by atoms with Gasteiger partial charge in [-0.2, -0.15) is 4.98 Å². The number of nitrogens with zero attached hydrogens (tertiary/aromatic N) is 5. The predicted molar refractivity (Wildman–Crippen MR) is 90.2 cm³/mol. The van der Waals surface area contributed by atoms with Crippen molar-refractivity contribution < 1.29 is 0 Å². The molecule has 23 heavy (non-hydrogen) atoms. The van der Waals surface area contributed by atoms with Crippen molar-refractivity contribution in [3.63, 3.8) is 0 Å². The lowest BCUT2D eigenvalue weighted by molar-refractivity contribution is 0.269. The third-order valence-corrected chi connectivity index (χ3v) is 4.54. The van der Waals surface area contributed by atoms with Gasteiger partial charge in [0.15, 0.2) is 11.2 Å². The molecular weight excluding hydrogens is 296 g/mol. The van der Waals surface area contributed by atoms with Gasteiger partial charge in [-0.1, -0.05) is 13.8 Å². The van der Waals surface area contributed by atoms with E-state index in [2.05, 4.69) is 33.6 Å². The SMILES string of the molecule is CCCn1c(N2CCN(CC)CC2)nc2c1c(=O)[nH]c(=O)n2C. The summed E-state index contributed by atoms with van der Waals surface area (Å²) in [6.45, 7) is 9.73. The predicted octanol–water partition coefficient (Wildman–Crippen LogP) is -0.0248. The number of piperazine rings is 1. The summed E-state index contributed by atoms with van der Waals surface area (Å²) in [6, 6.07) is 0. The van der Waals surface area contributed by atoms with Crippen molar-refractivity contribution in [1.29, 1.82) is 0 Å². The second-order valence-electron chi connectivity index (χ2n) is 5.98. The Kier molecular flexibility index (Phi) is 4.25. The number of nitrogens with one attached hydrogen (secondary N) is 1. The van der Waals surface area contributed by atoms with Crippen LogP contribution in [0.4, 0.5) is 5.95 Å². The third-order valence-electron chi connectivity index (χ3n) is 4.54. The van der Waals surface area contributed by atoms with Gasteiger partial charge in [-0.3, -0.25) is 14.3 Å². The molecule has 1 aliphatic rings. The van der Waals surface area contributed by atoms with Gasteiger partial charge in [-0.05, 0) is 13.0 Å². The van der Waals surface area contributed by atoms with Crippen molar-refractivity contribution in [3.05, 3.63) is 20.8 Å². The molecule has 0 bridgehead atoms. The minimum Gasteiger partial charge on any atom is -0.340 e. The summed E-state index contributed by atoms with van der Waals surface area (Å²) < 4.78 is 3.36. The number of hydrogen-bond donors (Lipinski definition) is 1. The van der Waals surface area contributed by atoms with Gasteiger partial charge >= 0.3 is 5.69 Å². The molecule has 8 nitrogen and oxygen atoms in total. The fraction of sp³-hybridized carbons (Fsp3) is 0.667. The number of aromatic nitrogens is 4. The van der Waals surface area contributed by atoms with Crippen molar-refractivity contribution in [1.82, 2.24) is 24.0 Å². The van der Waals surface area contributed by atoms with E-state index in [1.165, 1.54) is 4.57 Å². The first-order chi connectivity index (χ1) is 11.1. The summed E-state index contributed by atoms with van der Waals surface area (Å²) in [5.74, 6) is 0.796.